The summed E-state index contributed by atoms with van der Waals surface area (Å²) in [5, 5.41) is 14.9. The minimum absolute atomic E-state index is 0.0151. The summed E-state index contributed by atoms with van der Waals surface area (Å²) in [6.07, 6.45) is -2.07. The van der Waals surface area contributed by atoms with Gasteiger partial charge in [-0.1, -0.05) is 74.5 Å². The van der Waals surface area contributed by atoms with Crippen LogP contribution in [0.5, 0.6) is 0 Å². The molecule has 0 spiro atoms. The average Bonchev–Trinajstić information content (AvgIpc) is 2.78. The molecule has 0 aliphatic rings. The molecule has 0 heterocycles. The largest absolute Gasteiger partial charge is 0.459 e. The summed E-state index contributed by atoms with van der Waals surface area (Å²) < 4.78 is 10.4. The normalized spacial score (nSPS) is 13.5. The van der Waals surface area contributed by atoms with Crippen LogP contribution in [0.3, 0.4) is 0 Å². The van der Waals surface area contributed by atoms with E-state index in [-0.39, 0.29) is 19.1 Å². The third-order valence-electron chi connectivity index (χ3n) is 4.69. The first-order valence-corrected chi connectivity index (χ1v) is 10.4. The van der Waals surface area contributed by atoms with Crippen LogP contribution in [0.1, 0.15) is 31.9 Å². The second-order valence-corrected chi connectivity index (χ2v) is 7.75. The number of ether oxygens (including phenoxy) is 2. The van der Waals surface area contributed by atoms with E-state index in [4.69, 9.17) is 9.47 Å². The molecule has 2 amide bonds. The Morgan fingerprint density at radius 3 is 1.75 bits per heavy atom. The minimum Gasteiger partial charge on any atom is -0.459 e. The molecule has 0 aliphatic carbocycles. The quantitative estimate of drug-likeness (QED) is 0.487. The fourth-order valence-electron chi connectivity index (χ4n) is 2.86. The standard InChI is InChI=1S/C24H30N2O6/c1-16(2)20(23(29)31-14-18-10-6-4-7-11-18)25-22(28)21(17(3)27)26-24(30)32-15-19-12-8-5-9-13-19/h4-13,16-17,20-21,27H,14-15H2,1-3H3,(H,25,28)(H,26,30)/t17-,20-,21-/m0/s1. The smallest absolute Gasteiger partial charge is 0.408 e. The van der Waals surface area contributed by atoms with Gasteiger partial charge in [0, 0.05) is 0 Å². The van der Waals surface area contributed by atoms with Crippen molar-refractivity contribution in [3.05, 3.63) is 71.8 Å². The van der Waals surface area contributed by atoms with E-state index in [0.29, 0.717) is 0 Å². The summed E-state index contributed by atoms with van der Waals surface area (Å²) in [5.41, 5.74) is 1.60. The molecule has 8 nitrogen and oxygen atoms in total. The summed E-state index contributed by atoms with van der Waals surface area (Å²) in [7, 11) is 0. The Balaban J connectivity index is 1.94. The first-order chi connectivity index (χ1) is 15.3. The monoisotopic (exact) mass is 442 g/mol. The van der Waals surface area contributed by atoms with Crippen LogP contribution in [0, 0.1) is 5.92 Å². The number of aliphatic hydroxyl groups excluding tert-OH is 1. The van der Waals surface area contributed by atoms with E-state index < -0.39 is 36.2 Å². The summed E-state index contributed by atoms with van der Waals surface area (Å²) in [4.78, 5) is 37.4. The van der Waals surface area contributed by atoms with Crippen molar-refractivity contribution in [2.24, 2.45) is 5.92 Å². The van der Waals surface area contributed by atoms with Crippen LogP contribution >= 0.6 is 0 Å². The lowest BCUT2D eigenvalue weighted by molar-refractivity contribution is -0.151. The first kappa shape index (κ1) is 24.9. The van der Waals surface area contributed by atoms with Crippen LogP contribution in [-0.2, 0) is 32.3 Å². The molecule has 2 aromatic carbocycles. The third kappa shape index (κ3) is 8.03. The summed E-state index contributed by atoms with van der Waals surface area (Å²) in [6, 6.07) is 16.0. The van der Waals surface area contributed by atoms with Gasteiger partial charge < -0.3 is 25.2 Å². The van der Waals surface area contributed by atoms with E-state index in [2.05, 4.69) is 10.6 Å². The lowest BCUT2D eigenvalue weighted by atomic mass is 10.0. The number of hydrogen-bond donors (Lipinski definition) is 3. The van der Waals surface area contributed by atoms with Crippen molar-refractivity contribution in [3.63, 3.8) is 0 Å². The van der Waals surface area contributed by atoms with Crippen LogP contribution < -0.4 is 10.6 Å². The number of nitrogens with one attached hydrogen (secondary N) is 2. The van der Waals surface area contributed by atoms with Crippen molar-refractivity contribution < 1.29 is 29.0 Å². The van der Waals surface area contributed by atoms with Crippen molar-refractivity contribution in [1.29, 1.82) is 0 Å². The van der Waals surface area contributed by atoms with Crippen LogP contribution in [0.15, 0.2) is 60.7 Å². The molecule has 0 radical (unpaired) electrons. The van der Waals surface area contributed by atoms with Gasteiger partial charge in [-0.25, -0.2) is 9.59 Å². The maximum Gasteiger partial charge on any atom is 0.408 e. The van der Waals surface area contributed by atoms with Gasteiger partial charge in [0.1, 0.15) is 25.3 Å². The second-order valence-electron chi connectivity index (χ2n) is 7.75. The number of aliphatic hydroxyl groups is 1. The van der Waals surface area contributed by atoms with E-state index in [1.807, 2.05) is 48.5 Å². The molecule has 3 N–H and O–H groups in total. The second kappa shape index (κ2) is 12.5. The van der Waals surface area contributed by atoms with Gasteiger partial charge in [0.2, 0.25) is 5.91 Å². The Morgan fingerprint density at radius 1 is 0.781 bits per heavy atom. The fourth-order valence-corrected chi connectivity index (χ4v) is 2.86. The zero-order valence-electron chi connectivity index (χ0n) is 18.5. The number of esters is 1. The molecule has 0 aliphatic heterocycles. The maximum atomic E-state index is 12.7. The van der Waals surface area contributed by atoms with Gasteiger partial charge in [0.25, 0.3) is 0 Å². The molecule has 32 heavy (non-hydrogen) atoms. The maximum absolute atomic E-state index is 12.7. The van der Waals surface area contributed by atoms with E-state index in [0.717, 1.165) is 11.1 Å². The molecule has 0 bridgehead atoms. The highest BCUT2D eigenvalue weighted by Crippen LogP contribution is 2.09. The fraction of sp³-hybridized carbons (Fsp3) is 0.375. The van der Waals surface area contributed by atoms with Crippen LogP contribution in [-0.4, -0.2) is 41.3 Å². The minimum atomic E-state index is -1.30. The predicted molar refractivity (Wildman–Crippen MR) is 118 cm³/mol. The Hall–Kier alpha value is -3.39. The van der Waals surface area contributed by atoms with Crippen molar-refractivity contribution in [2.75, 3.05) is 0 Å². The molecule has 2 aromatic rings. The van der Waals surface area contributed by atoms with Crippen molar-refractivity contribution >= 4 is 18.0 Å². The number of alkyl carbamates (subject to hydrolysis) is 1. The molecule has 2 rings (SSSR count). The van der Waals surface area contributed by atoms with E-state index in [1.165, 1.54) is 6.92 Å². The number of rotatable bonds is 10. The number of amides is 2. The third-order valence-corrected chi connectivity index (χ3v) is 4.69. The van der Waals surface area contributed by atoms with Crippen LogP contribution in [0.2, 0.25) is 0 Å². The van der Waals surface area contributed by atoms with Crippen molar-refractivity contribution in [3.8, 4) is 0 Å². The molecular formula is C24H30N2O6. The molecule has 172 valence electrons. The topological polar surface area (TPSA) is 114 Å². The van der Waals surface area contributed by atoms with E-state index >= 15 is 0 Å². The van der Waals surface area contributed by atoms with E-state index in [9.17, 15) is 19.5 Å². The number of hydrogen-bond acceptors (Lipinski definition) is 6. The average molecular weight is 443 g/mol. The first-order valence-electron chi connectivity index (χ1n) is 10.4. The highest BCUT2D eigenvalue weighted by Gasteiger charge is 2.32. The Bertz CT molecular complexity index is 871. The van der Waals surface area contributed by atoms with Gasteiger partial charge in [0.05, 0.1) is 6.10 Å². The van der Waals surface area contributed by atoms with E-state index in [1.54, 1.807) is 26.0 Å². The van der Waals surface area contributed by atoms with Gasteiger partial charge in [-0.3, -0.25) is 4.79 Å². The van der Waals surface area contributed by atoms with Gasteiger partial charge in [0.15, 0.2) is 0 Å². The summed E-state index contributed by atoms with van der Waals surface area (Å²) in [6.45, 7) is 4.96. The zero-order chi connectivity index (χ0) is 23.5. The Labute approximate surface area is 187 Å². The van der Waals surface area contributed by atoms with Gasteiger partial charge in [-0.05, 0) is 24.0 Å². The van der Waals surface area contributed by atoms with Crippen molar-refractivity contribution in [1.82, 2.24) is 10.6 Å². The number of carbonyl (C=O) groups is 3. The SMILES string of the molecule is CC(C)[C@H](NC(=O)[C@@H](NC(=O)OCc1ccccc1)[C@H](C)O)C(=O)OCc1ccccc1. The lowest BCUT2D eigenvalue weighted by Crippen LogP contribution is -2.57. The van der Waals surface area contributed by atoms with Gasteiger partial charge in [-0.2, -0.15) is 0 Å². The molecular weight excluding hydrogens is 412 g/mol. The lowest BCUT2D eigenvalue weighted by Gasteiger charge is -2.25. The van der Waals surface area contributed by atoms with Crippen LogP contribution in [0.4, 0.5) is 4.79 Å². The van der Waals surface area contributed by atoms with Gasteiger partial charge in [-0.15, -0.1) is 0 Å². The highest BCUT2D eigenvalue weighted by molar-refractivity contribution is 5.90. The molecule has 3 atom stereocenters. The molecule has 0 aromatic heterocycles. The van der Waals surface area contributed by atoms with Gasteiger partial charge >= 0.3 is 12.1 Å². The number of benzene rings is 2. The summed E-state index contributed by atoms with van der Waals surface area (Å²) >= 11 is 0. The summed E-state index contributed by atoms with van der Waals surface area (Å²) in [5.74, 6) is -1.60. The molecule has 8 heteroatoms. The Kier molecular flexibility index (Phi) is 9.69. The molecule has 0 saturated carbocycles. The Morgan fingerprint density at radius 2 is 1.28 bits per heavy atom. The number of carbonyl (C=O) groups excluding carboxylic acids is 3. The van der Waals surface area contributed by atoms with Crippen LogP contribution in [0.25, 0.3) is 0 Å². The highest BCUT2D eigenvalue weighted by atomic mass is 16.5. The zero-order valence-corrected chi connectivity index (χ0v) is 18.5. The van der Waals surface area contributed by atoms with Crippen molar-refractivity contribution in [2.45, 2.75) is 52.2 Å². The molecule has 0 saturated heterocycles. The molecule has 0 unspecified atom stereocenters. The predicted octanol–water partition coefficient (Wildman–Crippen LogP) is 2.55. The molecule has 0 fully saturated rings.